The van der Waals surface area contributed by atoms with Crippen LogP contribution >= 0.6 is 0 Å². The maximum atomic E-state index is 6.24. The number of nitrogens with zero attached hydrogens (tertiary/aromatic N) is 2. The van der Waals surface area contributed by atoms with Gasteiger partial charge in [0.25, 0.3) is 0 Å². The molecule has 0 saturated heterocycles. The van der Waals surface area contributed by atoms with Gasteiger partial charge in [-0.25, -0.2) is 4.98 Å². The predicted octanol–water partition coefficient (Wildman–Crippen LogP) is 2.53. The fourth-order valence-corrected chi connectivity index (χ4v) is 2.94. The average molecular weight is 245 g/mol. The largest absolute Gasteiger partial charge is 0.464 e. The molecule has 0 aromatic carbocycles. The minimum Gasteiger partial charge on any atom is -0.464 e. The first-order chi connectivity index (χ1) is 8.77. The normalized spacial score (nSPS) is 24.3. The summed E-state index contributed by atoms with van der Waals surface area (Å²) in [5.41, 5.74) is 7.13. The lowest BCUT2D eigenvalue weighted by Crippen LogP contribution is -2.48. The van der Waals surface area contributed by atoms with Gasteiger partial charge in [-0.1, -0.05) is 12.8 Å². The quantitative estimate of drug-likeness (QED) is 0.883. The third-order valence-corrected chi connectivity index (χ3v) is 3.97. The average Bonchev–Trinajstić information content (AvgIpc) is 2.86. The molecule has 2 unspecified atom stereocenters. The highest BCUT2D eigenvalue weighted by atomic mass is 16.3. The number of pyridine rings is 1. The van der Waals surface area contributed by atoms with E-state index in [1.54, 1.807) is 12.5 Å². The van der Waals surface area contributed by atoms with E-state index >= 15 is 0 Å². The molecule has 96 valence electrons. The van der Waals surface area contributed by atoms with Gasteiger partial charge in [0.2, 0.25) is 0 Å². The van der Waals surface area contributed by atoms with E-state index in [1.807, 2.05) is 12.1 Å². The molecule has 2 heterocycles. The number of nitrogens with two attached hydrogens (primary N) is 1. The van der Waals surface area contributed by atoms with Gasteiger partial charge in [-0.2, -0.15) is 0 Å². The molecule has 3 rings (SSSR count). The van der Waals surface area contributed by atoms with Crippen molar-refractivity contribution in [3.8, 4) is 0 Å². The first kappa shape index (κ1) is 11.5. The highest BCUT2D eigenvalue weighted by molar-refractivity contribution is 5.88. The molecule has 1 aliphatic rings. The van der Waals surface area contributed by atoms with Crippen molar-refractivity contribution < 1.29 is 4.42 Å². The lowest BCUT2D eigenvalue weighted by molar-refractivity contribution is 0.373. The Morgan fingerprint density at radius 1 is 1.33 bits per heavy atom. The molecule has 0 amide bonds. The van der Waals surface area contributed by atoms with Crippen LogP contribution in [0.4, 0.5) is 5.82 Å². The van der Waals surface area contributed by atoms with E-state index in [-0.39, 0.29) is 6.04 Å². The van der Waals surface area contributed by atoms with Crippen LogP contribution in [0.5, 0.6) is 0 Å². The molecule has 0 aliphatic heterocycles. The smallest absolute Gasteiger partial charge is 0.139 e. The number of rotatable bonds is 2. The number of likely N-dealkylation sites (N-methyl/N-ethyl adjacent to an activating group) is 1. The van der Waals surface area contributed by atoms with Crippen LogP contribution in [0.1, 0.15) is 25.7 Å². The topological polar surface area (TPSA) is 55.3 Å². The number of aromatic nitrogens is 1. The fraction of sp³-hybridized carbons (Fsp3) is 0.500. The van der Waals surface area contributed by atoms with Crippen LogP contribution in [0.25, 0.3) is 11.0 Å². The van der Waals surface area contributed by atoms with Crippen LogP contribution < -0.4 is 10.6 Å². The van der Waals surface area contributed by atoms with Crippen molar-refractivity contribution in [3.05, 3.63) is 24.6 Å². The second-order valence-corrected chi connectivity index (χ2v) is 5.09. The van der Waals surface area contributed by atoms with Crippen LogP contribution in [0.15, 0.2) is 29.0 Å². The van der Waals surface area contributed by atoms with Crippen LogP contribution in [0, 0.1) is 0 Å². The van der Waals surface area contributed by atoms with Crippen molar-refractivity contribution in [2.45, 2.75) is 37.8 Å². The number of hydrogen-bond donors (Lipinski definition) is 1. The second kappa shape index (κ2) is 4.61. The molecule has 0 bridgehead atoms. The summed E-state index contributed by atoms with van der Waals surface area (Å²) in [7, 11) is 2.09. The number of fused-ring (bicyclic) bond motifs is 1. The van der Waals surface area contributed by atoms with Gasteiger partial charge in [0.15, 0.2) is 0 Å². The first-order valence-corrected chi connectivity index (χ1v) is 6.58. The molecule has 4 heteroatoms. The lowest BCUT2D eigenvalue weighted by Gasteiger charge is -2.36. The van der Waals surface area contributed by atoms with Gasteiger partial charge < -0.3 is 15.1 Å². The molecular formula is C14H19N3O. The van der Waals surface area contributed by atoms with Gasteiger partial charge in [0.05, 0.1) is 11.6 Å². The molecule has 2 aromatic rings. The maximum Gasteiger partial charge on any atom is 0.139 e. The molecule has 0 radical (unpaired) electrons. The van der Waals surface area contributed by atoms with Gasteiger partial charge in [-0.3, -0.25) is 0 Å². The first-order valence-electron chi connectivity index (χ1n) is 6.58. The van der Waals surface area contributed by atoms with E-state index in [2.05, 4.69) is 16.9 Å². The zero-order chi connectivity index (χ0) is 12.5. The van der Waals surface area contributed by atoms with Crippen molar-refractivity contribution >= 4 is 16.8 Å². The standard InChI is InChI=1S/C14H19N3O/c1-17(12-5-3-2-4-11(12)15)14-10-7-9-18-13(10)6-8-16-14/h6-9,11-12H,2-5,15H2,1H3. The summed E-state index contributed by atoms with van der Waals surface area (Å²) in [5.74, 6) is 0.976. The van der Waals surface area contributed by atoms with E-state index in [0.29, 0.717) is 6.04 Å². The minimum atomic E-state index is 0.243. The Morgan fingerprint density at radius 3 is 3.00 bits per heavy atom. The van der Waals surface area contributed by atoms with Crippen LogP contribution in [-0.2, 0) is 0 Å². The minimum absolute atomic E-state index is 0.243. The fourth-order valence-electron chi connectivity index (χ4n) is 2.94. The van der Waals surface area contributed by atoms with E-state index in [1.165, 1.54) is 12.8 Å². The van der Waals surface area contributed by atoms with Crippen LogP contribution in [-0.4, -0.2) is 24.1 Å². The summed E-state index contributed by atoms with van der Waals surface area (Å²) in [4.78, 5) is 6.72. The van der Waals surface area contributed by atoms with Gasteiger partial charge in [0, 0.05) is 25.3 Å². The van der Waals surface area contributed by atoms with E-state index in [4.69, 9.17) is 10.2 Å². The Kier molecular flexibility index (Phi) is 2.96. The highest BCUT2D eigenvalue weighted by Crippen LogP contribution is 2.29. The van der Waals surface area contributed by atoms with E-state index in [0.717, 1.165) is 29.6 Å². The molecule has 1 saturated carbocycles. The predicted molar refractivity (Wildman–Crippen MR) is 72.6 cm³/mol. The summed E-state index contributed by atoms with van der Waals surface area (Å²) in [5, 5.41) is 1.07. The number of anilines is 1. The van der Waals surface area contributed by atoms with Gasteiger partial charge in [-0.15, -0.1) is 0 Å². The van der Waals surface area contributed by atoms with E-state index in [9.17, 15) is 0 Å². The van der Waals surface area contributed by atoms with Crippen molar-refractivity contribution in [1.82, 2.24) is 4.98 Å². The second-order valence-electron chi connectivity index (χ2n) is 5.09. The Bertz CT molecular complexity index is 537. The molecule has 1 aliphatic carbocycles. The summed E-state index contributed by atoms with van der Waals surface area (Å²) < 4.78 is 5.42. The Labute approximate surface area is 107 Å². The Morgan fingerprint density at radius 2 is 2.17 bits per heavy atom. The zero-order valence-corrected chi connectivity index (χ0v) is 10.7. The van der Waals surface area contributed by atoms with Gasteiger partial charge in [-0.05, 0) is 25.0 Å². The van der Waals surface area contributed by atoms with Crippen molar-refractivity contribution in [3.63, 3.8) is 0 Å². The lowest BCUT2D eigenvalue weighted by atomic mass is 9.90. The molecule has 2 aromatic heterocycles. The third kappa shape index (κ3) is 1.86. The molecule has 0 spiro atoms. The molecule has 2 N–H and O–H groups in total. The maximum absolute atomic E-state index is 6.24. The summed E-state index contributed by atoms with van der Waals surface area (Å²) in [6.45, 7) is 0. The van der Waals surface area contributed by atoms with Crippen molar-refractivity contribution in [2.75, 3.05) is 11.9 Å². The number of furan rings is 1. The summed E-state index contributed by atoms with van der Waals surface area (Å²) >= 11 is 0. The monoisotopic (exact) mass is 245 g/mol. The Hall–Kier alpha value is -1.55. The molecule has 2 atom stereocenters. The highest BCUT2D eigenvalue weighted by Gasteiger charge is 2.27. The van der Waals surface area contributed by atoms with Gasteiger partial charge in [0.1, 0.15) is 11.4 Å². The molecular weight excluding hydrogens is 226 g/mol. The molecule has 4 nitrogen and oxygen atoms in total. The zero-order valence-electron chi connectivity index (χ0n) is 10.7. The molecule has 18 heavy (non-hydrogen) atoms. The summed E-state index contributed by atoms with van der Waals surface area (Å²) in [6, 6.07) is 4.50. The van der Waals surface area contributed by atoms with Gasteiger partial charge >= 0.3 is 0 Å². The van der Waals surface area contributed by atoms with Crippen LogP contribution in [0.2, 0.25) is 0 Å². The van der Waals surface area contributed by atoms with Crippen LogP contribution in [0.3, 0.4) is 0 Å². The van der Waals surface area contributed by atoms with Crippen molar-refractivity contribution in [2.24, 2.45) is 5.73 Å². The Balaban J connectivity index is 1.95. The summed E-state index contributed by atoms with van der Waals surface area (Å²) in [6.07, 6.45) is 8.26. The SMILES string of the molecule is CN(c1nccc2occc12)C1CCCCC1N. The molecule has 1 fully saturated rings. The third-order valence-electron chi connectivity index (χ3n) is 3.97. The number of hydrogen-bond acceptors (Lipinski definition) is 4. The van der Waals surface area contributed by atoms with E-state index < -0.39 is 0 Å². The van der Waals surface area contributed by atoms with Crippen molar-refractivity contribution in [1.29, 1.82) is 0 Å².